The third-order valence-corrected chi connectivity index (χ3v) is 12.7. The van der Waals surface area contributed by atoms with Crippen LogP contribution >= 0.6 is 0 Å². The second-order valence-corrected chi connectivity index (χ2v) is 15.8. The molecule has 0 saturated carbocycles. The van der Waals surface area contributed by atoms with Gasteiger partial charge in [0.15, 0.2) is 0 Å². The molecule has 0 aliphatic carbocycles. The van der Waals surface area contributed by atoms with Gasteiger partial charge in [0.2, 0.25) is 0 Å². The molecule has 0 aromatic heterocycles. The van der Waals surface area contributed by atoms with Crippen LogP contribution in [0.15, 0.2) is 91.0 Å². The average Bonchev–Trinajstić information content (AvgIpc) is 2.93. The van der Waals surface area contributed by atoms with E-state index in [9.17, 15) is 23.1 Å². The van der Waals surface area contributed by atoms with Gasteiger partial charge >= 0.3 is 12.1 Å². The summed E-state index contributed by atoms with van der Waals surface area (Å²) in [4.78, 5) is 11.9. The molecule has 3 aromatic carbocycles. The van der Waals surface area contributed by atoms with Gasteiger partial charge in [0.05, 0.1) is 6.61 Å². The van der Waals surface area contributed by atoms with Crippen molar-refractivity contribution in [1.82, 2.24) is 0 Å². The molecule has 8 heteroatoms. The summed E-state index contributed by atoms with van der Waals surface area (Å²) in [5, 5.41) is 11.8. The van der Waals surface area contributed by atoms with Gasteiger partial charge in [-0.1, -0.05) is 125 Å². The molecule has 222 valence electrons. The number of benzene rings is 3. The molecule has 0 aliphatic heterocycles. The molecule has 0 spiro atoms. The van der Waals surface area contributed by atoms with E-state index < -0.39 is 39.1 Å². The summed E-state index contributed by atoms with van der Waals surface area (Å²) in [6, 6.07) is 28.8. The molecule has 0 fully saturated rings. The van der Waals surface area contributed by atoms with E-state index in [1.54, 1.807) is 30.3 Å². The van der Waals surface area contributed by atoms with E-state index in [0.717, 1.165) is 10.4 Å². The van der Waals surface area contributed by atoms with Crippen molar-refractivity contribution in [2.24, 2.45) is 0 Å². The van der Waals surface area contributed by atoms with Gasteiger partial charge in [0, 0.05) is 6.10 Å². The Hall–Kier alpha value is -2.94. The molecule has 0 bridgehead atoms. The predicted molar refractivity (Wildman–Crippen MR) is 159 cm³/mol. The summed E-state index contributed by atoms with van der Waals surface area (Å²) >= 11 is 0. The number of carboxylic acid groups (broad SMARTS) is 1. The van der Waals surface area contributed by atoms with Crippen LogP contribution < -0.4 is 10.4 Å². The molecule has 2 atom stereocenters. The molecule has 0 amide bonds. The van der Waals surface area contributed by atoms with Crippen molar-refractivity contribution in [3.8, 4) is 0 Å². The van der Waals surface area contributed by atoms with Crippen molar-refractivity contribution in [2.45, 2.75) is 89.3 Å². The van der Waals surface area contributed by atoms with Crippen LogP contribution in [0.1, 0.15) is 65.4 Å². The molecule has 0 aliphatic rings. The second kappa shape index (κ2) is 13.8. The number of carboxylic acids is 1. The third kappa shape index (κ3) is 7.67. The molecule has 0 saturated heterocycles. The van der Waals surface area contributed by atoms with Crippen LogP contribution in [0.2, 0.25) is 5.04 Å². The third-order valence-electron chi connectivity index (χ3n) is 7.57. The number of ether oxygens (including phenoxy) is 1. The van der Waals surface area contributed by atoms with Gasteiger partial charge in [-0.3, -0.25) is 0 Å². The van der Waals surface area contributed by atoms with Crippen LogP contribution in [0.25, 0.3) is 0 Å². The smallest absolute Gasteiger partial charge is 0.428 e. The lowest BCUT2D eigenvalue weighted by Crippen LogP contribution is -2.67. The van der Waals surface area contributed by atoms with Crippen LogP contribution in [0, 0.1) is 0 Å². The number of hydrogen-bond acceptors (Lipinski definition) is 3. The Morgan fingerprint density at radius 1 is 0.805 bits per heavy atom. The average molecular weight is 587 g/mol. The quantitative estimate of drug-likeness (QED) is 0.157. The lowest BCUT2D eigenvalue weighted by atomic mass is 9.94. The maximum absolute atomic E-state index is 14.1. The molecule has 1 N–H and O–H groups in total. The topological polar surface area (TPSA) is 55.8 Å². The standard InChI is InChI=1S/C33H41F3O4Si/c1-26(40-41(31(2,3)4,28-20-12-6-13-21-28)29-22-14-7-15-23-29)17-9-8-16-24-32(30(37)38,33(34,35)36)39-25-27-18-10-5-11-19-27/h5-7,10-15,18-23,26H,8-9,16-17,24-25H2,1-4H3,(H,37,38)/t26?,32-/m1/s1. The zero-order valence-electron chi connectivity index (χ0n) is 24.3. The number of unbranched alkanes of at least 4 members (excludes halogenated alkanes) is 2. The molecular formula is C33H41F3O4Si. The summed E-state index contributed by atoms with van der Waals surface area (Å²) < 4.78 is 54.4. The Morgan fingerprint density at radius 2 is 1.29 bits per heavy atom. The summed E-state index contributed by atoms with van der Waals surface area (Å²) in [7, 11) is -2.74. The molecule has 3 rings (SSSR count). The lowest BCUT2D eigenvalue weighted by Gasteiger charge is -2.44. The van der Waals surface area contributed by atoms with Gasteiger partial charge in [-0.15, -0.1) is 0 Å². The summed E-state index contributed by atoms with van der Waals surface area (Å²) in [6.07, 6.45) is -4.12. The number of rotatable bonds is 14. The number of carbonyl (C=O) groups is 1. The first-order chi connectivity index (χ1) is 19.3. The SMILES string of the molecule is CC(CCCCC[C@@](OCc1ccccc1)(C(=O)O)C(F)(F)F)O[Si](c1ccccc1)(c1ccccc1)C(C)(C)C. The first-order valence-corrected chi connectivity index (χ1v) is 16.0. The maximum Gasteiger partial charge on any atom is 0.428 e. The Bertz CT molecular complexity index is 1170. The number of hydrogen-bond donors (Lipinski definition) is 1. The van der Waals surface area contributed by atoms with E-state index in [1.807, 2.05) is 43.3 Å². The van der Waals surface area contributed by atoms with Gasteiger partial charge in [-0.2, -0.15) is 13.2 Å². The zero-order chi connectivity index (χ0) is 30.2. The number of aliphatic carboxylic acids is 1. The normalized spacial score (nSPS) is 14.8. The molecule has 0 heterocycles. The highest BCUT2D eigenvalue weighted by Gasteiger charge is 2.62. The minimum atomic E-state index is -5.05. The van der Waals surface area contributed by atoms with Gasteiger partial charge in [-0.05, 0) is 47.2 Å². The fourth-order valence-electron chi connectivity index (χ4n) is 5.40. The van der Waals surface area contributed by atoms with Crippen LogP contribution in [0.5, 0.6) is 0 Å². The van der Waals surface area contributed by atoms with E-state index in [0.29, 0.717) is 24.8 Å². The fourth-order valence-corrected chi connectivity index (χ4v) is 10.1. The monoisotopic (exact) mass is 586 g/mol. The fraction of sp³-hybridized carbons (Fsp3) is 0.424. The molecule has 4 nitrogen and oxygen atoms in total. The Kier molecular flexibility index (Phi) is 11.0. The molecule has 1 unspecified atom stereocenters. The van der Waals surface area contributed by atoms with E-state index in [2.05, 4.69) is 45.0 Å². The predicted octanol–water partition coefficient (Wildman–Crippen LogP) is 7.50. The minimum Gasteiger partial charge on any atom is -0.479 e. The van der Waals surface area contributed by atoms with Crippen molar-refractivity contribution in [1.29, 1.82) is 0 Å². The van der Waals surface area contributed by atoms with Crippen LogP contribution in [-0.2, 0) is 20.6 Å². The van der Waals surface area contributed by atoms with E-state index in [-0.39, 0.29) is 17.6 Å². The van der Waals surface area contributed by atoms with Crippen LogP contribution in [-0.4, -0.2) is 37.3 Å². The second-order valence-electron chi connectivity index (χ2n) is 11.6. The van der Waals surface area contributed by atoms with E-state index in [4.69, 9.17) is 9.16 Å². The van der Waals surface area contributed by atoms with Gasteiger partial charge < -0.3 is 14.3 Å². The summed E-state index contributed by atoms with van der Waals surface area (Å²) in [5.41, 5.74) is -2.77. The first kappa shape index (κ1) is 32.6. The van der Waals surface area contributed by atoms with E-state index in [1.165, 1.54) is 0 Å². The Morgan fingerprint density at radius 3 is 1.73 bits per heavy atom. The van der Waals surface area contributed by atoms with E-state index >= 15 is 0 Å². The van der Waals surface area contributed by atoms with Crippen molar-refractivity contribution >= 4 is 24.7 Å². The first-order valence-electron chi connectivity index (χ1n) is 14.1. The van der Waals surface area contributed by atoms with Crippen molar-refractivity contribution in [3.05, 3.63) is 96.6 Å². The van der Waals surface area contributed by atoms with Gasteiger partial charge in [0.25, 0.3) is 13.9 Å². The summed E-state index contributed by atoms with van der Waals surface area (Å²) in [5.74, 6) is -2.01. The van der Waals surface area contributed by atoms with Crippen molar-refractivity contribution in [3.63, 3.8) is 0 Å². The maximum atomic E-state index is 14.1. The minimum absolute atomic E-state index is 0.0620. The largest absolute Gasteiger partial charge is 0.479 e. The van der Waals surface area contributed by atoms with Gasteiger partial charge in [-0.25, -0.2) is 4.79 Å². The van der Waals surface area contributed by atoms with Crippen LogP contribution in [0.3, 0.4) is 0 Å². The van der Waals surface area contributed by atoms with Crippen molar-refractivity contribution in [2.75, 3.05) is 0 Å². The number of alkyl halides is 3. The van der Waals surface area contributed by atoms with Crippen molar-refractivity contribution < 1.29 is 32.2 Å². The van der Waals surface area contributed by atoms with Crippen LogP contribution in [0.4, 0.5) is 13.2 Å². The molecular weight excluding hydrogens is 545 g/mol. The molecule has 0 radical (unpaired) electrons. The molecule has 41 heavy (non-hydrogen) atoms. The lowest BCUT2D eigenvalue weighted by molar-refractivity contribution is -0.281. The highest BCUT2D eigenvalue weighted by molar-refractivity contribution is 6.99. The summed E-state index contributed by atoms with van der Waals surface area (Å²) in [6.45, 7) is 8.17. The Labute approximate surface area is 242 Å². The molecule has 3 aromatic rings. The highest BCUT2D eigenvalue weighted by atomic mass is 28.4. The van der Waals surface area contributed by atoms with Gasteiger partial charge in [0.1, 0.15) is 0 Å². The highest BCUT2D eigenvalue weighted by Crippen LogP contribution is 2.40. The zero-order valence-corrected chi connectivity index (χ0v) is 25.3. The Balaban J connectivity index is 1.69. The number of halogens is 3.